The van der Waals surface area contributed by atoms with E-state index in [-0.39, 0.29) is 24.7 Å². The lowest BCUT2D eigenvalue weighted by Gasteiger charge is -2.18. The SMILES string of the molecule is Cc1cccc(C)c1NC(=O)CN(C)CC(=O)Nc1ccc(Cl)c(C(F)(F)F)c1. The second kappa shape index (κ2) is 9.28. The number of carbonyl (C=O) groups excluding carboxylic acids is 2. The van der Waals surface area contributed by atoms with E-state index < -0.39 is 22.7 Å². The van der Waals surface area contributed by atoms with Crippen LogP contribution in [0.5, 0.6) is 0 Å². The number of alkyl halides is 3. The molecule has 0 radical (unpaired) electrons. The molecule has 0 aliphatic rings. The molecule has 0 fully saturated rings. The molecule has 2 aromatic carbocycles. The number of likely N-dealkylation sites (N-methyl/N-ethyl adjacent to an activating group) is 1. The number of benzene rings is 2. The minimum atomic E-state index is -4.62. The third-order valence-corrected chi connectivity index (χ3v) is 4.46. The molecule has 2 rings (SSSR count). The average molecular weight is 428 g/mol. The quantitative estimate of drug-likeness (QED) is 0.714. The molecule has 5 nitrogen and oxygen atoms in total. The van der Waals surface area contributed by atoms with Crippen molar-refractivity contribution in [3.8, 4) is 0 Å². The topological polar surface area (TPSA) is 61.4 Å². The van der Waals surface area contributed by atoms with Gasteiger partial charge >= 0.3 is 6.18 Å². The Bertz CT molecular complexity index is 896. The van der Waals surface area contributed by atoms with Gasteiger partial charge in [-0.2, -0.15) is 13.2 Å². The Hall–Kier alpha value is -2.58. The summed E-state index contributed by atoms with van der Waals surface area (Å²) in [4.78, 5) is 25.8. The second-order valence-corrected chi connectivity index (χ2v) is 7.14. The van der Waals surface area contributed by atoms with Gasteiger partial charge in [-0.05, 0) is 50.2 Å². The summed E-state index contributed by atoms with van der Waals surface area (Å²) >= 11 is 5.56. The van der Waals surface area contributed by atoms with E-state index in [4.69, 9.17) is 11.6 Å². The fourth-order valence-corrected chi connectivity index (χ4v) is 2.98. The van der Waals surface area contributed by atoms with Crippen molar-refractivity contribution in [2.24, 2.45) is 0 Å². The highest BCUT2D eigenvalue weighted by Gasteiger charge is 2.33. The Morgan fingerprint density at radius 2 is 1.55 bits per heavy atom. The lowest BCUT2D eigenvalue weighted by Crippen LogP contribution is -2.36. The minimum absolute atomic E-state index is 0.0277. The number of aryl methyl sites for hydroxylation is 2. The number of amides is 2. The molecule has 9 heteroatoms. The average Bonchev–Trinajstić information content (AvgIpc) is 2.58. The van der Waals surface area contributed by atoms with E-state index in [0.717, 1.165) is 28.9 Å². The first kappa shape index (κ1) is 22.7. The van der Waals surface area contributed by atoms with Gasteiger partial charge in [0.05, 0.1) is 23.7 Å². The first-order chi connectivity index (χ1) is 13.5. The molecule has 0 bridgehead atoms. The van der Waals surface area contributed by atoms with Crippen molar-refractivity contribution >= 4 is 34.8 Å². The number of nitrogens with zero attached hydrogens (tertiary/aromatic N) is 1. The van der Waals surface area contributed by atoms with Crippen LogP contribution < -0.4 is 10.6 Å². The van der Waals surface area contributed by atoms with E-state index in [0.29, 0.717) is 0 Å². The molecule has 0 aliphatic heterocycles. The van der Waals surface area contributed by atoms with Crippen LogP contribution >= 0.6 is 11.6 Å². The van der Waals surface area contributed by atoms with E-state index >= 15 is 0 Å². The number of hydrogen-bond donors (Lipinski definition) is 2. The third kappa shape index (κ3) is 6.47. The van der Waals surface area contributed by atoms with Crippen LogP contribution in [0.1, 0.15) is 16.7 Å². The van der Waals surface area contributed by atoms with Crippen molar-refractivity contribution in [1.82, 2.24) is 4.90 Å². The molecular formula is C20H21ClF3N3O2. The van der Waals surface area contributed by atoms with Crippen molar-refractivity contribution in [1.29, 1.82) is 0 Å². The van der Waals surface area contributed by atoms with Crippen LogP contribution in [0.3, 0.4) is 0 Å². The Balaban J connectivity index is 1.93. The van der Waals surface area contributed by atoms with Crippen LogP contribution in [0.15, 0.2) is 36.4 Å². The van der Waals surface area contributed by atoms with Crippen LogP contribution in [-0.4, -0.2) is 36.9 Å². The van der Waals surface area contributed by atoms with Gasteiger partial charge in [0.2, 0.25) is 11.8 Å². The summed E-state index contributed by atoms with van der Waals surface area (Å²) in [5.74, 6) is -0.855. The van der Waals surface area contributed by atoms with Crippen molar-refractivity contribution in [3.63, 3.8) is 0 Å². The van der Waals surface area contributed by atoms with Crippen LogP contribution in [-0.2, 0) is 15.8 Å². The van der Waals surface area contributed by atoms with Gasteiger partial charge in [0.25, 0.3) is 0 Å². The number of carbonyl (C=O) groups is 2. The van der Waals surface area contributed by atoms with Gasteiger partial charge in [0, 0.05) is 11.4 Å². The lowest BCUT2D eigenvalue weighted by atomic mass is 10.1. The Kier molecular flexibility index (Phi) is 7.26. The highest BCUT2D eigenvalue weighted by atomic mass is 35.5. The standard InChI is InChI=1S/C20H21ClF3N3O2/c1-12-5-4-6-13(2)19(12)26-18(29)11-27(3)10-17(28)25-14-7-8-16(21)15(9-14)20(22,23)24/h4-9H,10-11H2,1-3H3,(H,25,28)(H,26,29). The van der Waals surface area contributed by atoms with Gasteiger partial charge in [0.1, 0.15) is 0 Å². The Labute approximate surface area is 171 Å². The number of para-hydroxylation sites is 1. The van der Waals surface area contributed by atoms with Crippen LogP contribution in [0.4, 0.5) is 24.5 Å². The lowest BCUT2D eigenvalue weighted by molar-refractivity contribution is -0.137. The molecule has 2 aromatic rings. The summed E-state index contributed by atoms with van der Waals surface area (Å²) in [5, 5.41) is 4.75. The monoisotopic (exact) mass is 427 g/mol. The number of halogens is 4. The number of nitrogens with one attached hydrogen (secondary N) is 2. The van der Waals surface area contributed by atoms with Gasteiger partial charge in [-0.25, -0.2) is 0 Å². The van der Waals surface area contributed by atoms with Crippen molar-refractivity contribution in [2.75, 3.05) is 30.8 Å². The summed E-state index contributed by atoms with van der Waals surface area (Å²) in [5.41, 5.74) is 1.50. The zero-order valence-electron chi connectivity index (χ0n) is 16.2. The zero-order chi connectivity index (χ0) is 21.8. The van der Waals surface area contributed by atoms with Crippen LogP contribution in [0.25, 0.3) is 0 Å². The van der Waals surface area contributed by atoms with Crippen molar-refractivity contribution < 1.29 is 22.8 Å². The maximum absolute atomic E-state index is 12.9. The number of anilines is 2. The van der Waals surface area contributed by atoms with E-state index in [2.05, 4.69) is 10.6 Å². The van der Waals surface area contributed by atoms with Gasteiger partial charge in [-0.15, -0.1) is 0 Å². The van der Waals surface area contributed by atoms with Crippen molar-refractivity contribution in [2.45, 2.75) is 20.0 Å². The summed E-state index contributed by atoms with van der Waals surface area (Å²) in [6, 6.07) is 8.76. The molecule has 0 aromatic heterocycles. The molecule has 0 atom stereocenters. The maximum Gasteiger partial charge on any atom is 0.417 e. The van der Waals surface area contributed by atoms with E-state index in [9.17, 15) is 22.8 Å². The maximum atomic E-state index is 12.9. The summed E-state index contributed by atoms with van der Waals surface area (Å²) in [6.45, 7) is 3.52. The van der Waals surface area contributed by atoms with Crippen molar-refractivity contribution in [3.05, 3.63) is 58.1 Å². The number of rotatable bonds is 6. The fourth-order valence-electron chi connectivity index (χ4n) is 2.76. The van der Waals surface area contributed by atoms with Gasteiger partial charge in [-0.1, -0.05) is 29.8 Å². The van der Waals surface area contributed by atoms with Crippen LogP contribution in [0.2, 0.25) is 5.02 Å². The normalized spacial score (nSPS) is 11.4. The van der Waals surface area contributed by atoms with E-state index in [1.54, 1.807) is 7.05 Å². The Morgan fingerprint density at radius 3 is 2.10 bits per heavy atom. The van der Waals surface area contributed by atoms with Gasteiger partial charge in [0.15, 0.2) is 0 Å². The predicted molar refractivity (Wildman–Crippen MR) is 107 cm³/mol. The molecule has 0 aliphatic carbocycles. The largest absolute Gasteiger partial charge is 0.417 e. The van der Waals surface area contributed by atoms with Gasteiger partial charge in [-0.3, -0.25) is 14.5 Å². The summed E-state index contributed by atoms with van der Waals surface area (Å²) in [7, 11) is 1.56. The van der Waals surface area contributed by atoms with E-state index in [1.165, 1.54) is 11.0 Å². The minimum Gasteiger partial charge on any atom is -0.325 e. The molecule has 0 unspecified atom stereocenters. The second-order valence-electron chi connectivity index (χ2n) is 6.73. The molecule has 0 saturated heterocycles. The highest BCUT2D eigenvalue weighted by molar-refractivity contribution is 6.31. The smallest absolute Gasteiger partial charge is 0.325 e. The summed E-state index contributed by atoms with van der Waals surface area (Å²) in [6.07, 6.45) is -4.62. The van der Waals surface area contributed by atoms with Gasteiger partial charge < -0.3 is 10.6 Å². The molecule has 29 heavy (non-hydrogen) atoms. The summed E-state index contributed by atoms with van der Waals surface area (Å²) < 4.78 is 38.7. The third-order valence-electron chi connectivity index (χ3n) is 4.13. The Morgan fingerprint density at radius 1 is 1.00 bits per heavy atom. The molecule has 2 N–H and O–H groups in total. The molecule has 0 heterocycles. The molecule has 156 valence electrons. The fraction of sp³-hybridized carbons (Fsp3) is 0.300. The molecule has 2 amide bonds. The van der Waals surface area contributed by atoms with Crippen LogP contribution in [0, 0.1) is 13.8 Å². The molecular weight excluding hydrogens is 407 g/mol. The molecule has 0 spiro atoms. The molecule has 0 saturated carbocycles. The van der Waals surface area contributed by atoms with E-state index in [1.807, 2.05) is 32.0 Å². The highest BCUT2D eigenvalue weighted by Crippen LogP contribution is 2.36. The first-order valence-corrected chi connectivity index (χ1v) is 9.06. The predicted octanol–water partition coefficient (Wildman–Crippen LogP) is 4.48. The number of hydrogen-bond acceptors (Lipinski definition) is 3. The zero-order valence-corrected chi connectivity index (χ0v) is 16.9. The first-order valence-electron chi connectivity index (χ1n) is 8.68.